The van der Waals surface area contributed by atoms with Gasteiger partial charge < -0.3 is 0 Å². The van der Waals surface area contributed by atoms with Crippen molar-refractivity contribution in [3.63, 3.8) is 0 Å². The summed E-state index contributed by atoms with van der Waals surface area (Å²) in [6.07, 6.45) is 5.41. The zero-order chi connectivity index (χ0) is 21.3. The van der Waals surface area contributed by atoms with Crippen LogP contribution in [0.4, 0.5) is 0 Å². The first kappa shape index (κ1) is 21.6. The second-order valence-corrected chi connectivity index (χ2v) is 10.1. The van der Waals surface area contributed by atoms with Gasteiger partial charge in [0.1, 0.15) is 0 Å². The van der Waals surface area contributed by atoms with E-state index in [1.807, 2.05) is 4.68 Å². The van der Waals surface area contributed by atoms with E-state index < -0.39 is 0 Å². The molecule has 0 atom stereocenters. The Morgan fingerprint density at radius 3 is 2.30 bits per heavy atom. The van der Waals surface area contributed by atoms with Crippen LogP contribution >= 0.6 is 0 Å². The predicted molar refractivity (Wildman–Crippen MR) is 125 cm³/mol. The average molecular weight is 409 g/mol. The number of rotatable bonds is 8. The minimum Gasteiger partial charge on any atom is -0.299 e. The molecule has 2 fully saturated rings. The van der Waals surface area contributed by atoms with Crippen LogP contribution in [0, 0.1) is 19.8 Å². The van der Waals surface area contributed by atoms with E-state index in [-0.39, 0.29) is 0 Å². The standard InChI is InChI=1S/C26H40N4/c1-19(2)30(18-26-20(3)27-28(5)21(26)4)17-23-14-25(15-23)24-10-8-22(9-11-24)16-29-12-6-7-13-29/h8-11,19,23,25H,6-7,12-18H2,1-5H3/t23-,25-. The zero-order valence-electron chi connectivity index (χ0n) is 19.7. The van der Waals surface area contributed by atoms with Crippen molar-refractivity contribution >= 4 is 0 Å². The first-order chi connectivity index (χ1) is 14.4. The van der Waals surface area contributed by atoms with E-state index in [0.717, 1.165) is 24.9 Å². The first-order valence-corrected chi connectivity index (χ1v) is 11.9. The van der Waals surface area contributed by atoms with Gasteiger partial charge in [-0.2, -0.15) is 5.10 Å². The van der Waals surface area contributed by atoms with Crippen molar-refractivity contribution in [2.24, 2.45) is 13.0 Å². The number of benzene rings is 1. The van der Waals surface area contributed by atoms with Gasteiger partial charge in [-0.15, -0.1) is 0 Å². The van der Waals surface area contributed by atoms with Gasteiger partial charge >= 0.3 is 0 Å². The Balaban J connectivity index is 1.29. The zero-order valence-corrected chi connectivity index (χ0v) is 19.7. The molecule has 1 aromatic heterocycles. The summed E-state index contributed by atoms with van der Waals surface area (Å²) in [6.45, 7) is 14.9. The Hall–Kier alpha value is -1.65. The average Bonchev–Trinajstić information content (AvgIpc) is 3.27. The molecule has 0 radical (unpaired) electrons. The summed E-state index contributed by atoms with van der Waals surface area (Å²) in [7, 11) is 2.05. The highest BCUT2D eigenvalue weighted by molar-refractivity contribution is 5.27. The molecule has 0 unspecified atom stereocenters. The van der Waals surface area contributed by atoms with E-state index in [1.54, 1.807) is 5.56 Å². The van der Waals surface area contributed by atoms with Crippen LogP contribution in [0.15, 0.2) is 24.3 Å². The van der Waals surface area contributed by atoms with Crippen LogP contribution in [-0.4, -0.2) is 45.3 Å². The van der Waals surface area contributed by atoms with Crippen molar-refractivity contribution < 1.29 is 0 Å². The lowest BCUT2D eigenvalue weighted by molar-refractivity contribution is 0.126. The molecule has 164 valence electrons. The fraction of sp³-hybridized carbons (Fsp3) is 0.654. The van der Waals surface area contributed by atoms with E-state index in [2.05, 4.69) is 73.9 Å². The summed E-state index contributed by atoms with van der Waals surface area (Å²) in [6, 6.07) is 10.1. The van der Waals surface area contributed by atoms with E-state index in [0.29, 0.717) is 6.04 Å². The molecule has 2 aliphatic rings. The molecular weight excluding hydrogens is 368 g/mol. The molecule has 4 nitrogen and oxygen atoms in total. The SMILES string of the molecule is Cc1nn(C)c(C)c1CN(C[C@H]1C[C@H](c2ccc(CN3CCCC3)cc2)C1)C(C)C. The Labute approximate surface area is 183 Å². The van der Waals surface area contributed by atoms with Gasteiger partial charge in [-0.3, -0.25) is 14.5 Å². The molecule has 1 aliphatic heterocycles. The van der Waals surface area contributed by atoms with Gasteiger partial charge in [0, 0.05) is 44.0 Å². The molecule has 2 heterocycles. The second-order valence-electron chi connectivity index (χ2n) is 10.1. The topological polar surface area (TPSA) is 24.3 Å². The van der Waals surface area contributed by atoms with Gasteiger partial charge in [-0.1, -0.05) is 24.3 Å². The van der Waals surface area contributed by atoms with Crippen LogP contribution in [0.1, 0.15) is 73.5 Å². The molecule has 4 heteroatoms. The smallest absolute Gasteiger partial charge is 0.0641 e. The molecule has 1 aliphatic carbocycles. The fourth-order valence-corrected chi connectivity index (χ4v) is 5.29. The largest absolute Gasteiger partial charge is 0.299 e. The van der Waals surface area contributed by atoms with Gasteiger partial charge in [-0.25, -0.2) is 0 Å². The summed E-state index contributed by atoms with van der Waals surface area (Å²) in [5.74, 6) is 1.57. The van der Waals surface area contributed by atoms with Gasteiger partial charge in [0.2, 0.25) is 0 Å². The number of hydrogen-bond acceptors (Lipinski definition) is 3. The maximum atomic E-state index is 4.61. The van der Waals surface area contributed by atoms with Crippen molar-refractivity contribution in [2.45, 2.75) is 78.4 Å². The molecule has 2 aromatic rings. The summed E-state index contributed by atoms with van der Waals surface area (Å²) >= 11 is 0. The van der Waals surface area contributed by atoms with Crippen molar-refractivity contribution in [2.75, 3.05) is 19.6 Å². The summed E-state index contributed by atoms with van der Waals surface area (Å²) in [5.41, 5.74) is 6.92. The Morgan fingerprint density at radius 1 is 1.07 bits per heavy atom. The molecular formula is C26H40N4. The second kappa shape index (κ2) is 9.23. The summed E-state index contributed by atoms with van der Waals surface area (Å²) < 4.78 is 2.02. The summed E-state index contributed by atoms with van der Waals surface area (Å²) in [5, 5.41) is 4.61. The predicted octanol–water partition coefficient (Wildman–Crippen LogP) is 5.04. The lowest BCUT2D eigenvalue weighted by atomic mass is 9.71. The van der Waals surface area contributed by atoms with E-state index in [9.17, 15) is 0 Å². The van der Waals surface area contributed by atoms with Crippen LogP contribution in [-0.2, 0) is 20.1 Å². The van der Waals surface area contributed by atoms with Crippen LogP contribution in [0.3, 0.4) is 0 Å². The van der Waals surface area contributed by atoms with E-state index in [1.165, 1.54) is 67.8 Å². The van der Waals surface area contributed by atoms with Crippen molar-refractivity contribution in [3.05, 3.63) is 52.3 Å². The summed E-state index contributed by atoms with van der Waals surface area (Å²) in [4.78, 5) is 5.23. The number of aryl methyl sites for hydroxylation is 2. The maximum Gasteiger partial charge on any atom is 0.0641 e. The fourth-order valence-electron chi connectivity index (χ4n) is 5.29. The third-order valence-corrected chi connectivity index (χ3v) is 7.53. The number of nitrogens with zero attached hydrogens (tertiary/aromatic N) is 4. The van der Waals surface area contributed by atoms with Crippen LogP contribution in [0.25, 0.3) is 0 Å². The molecule has 0 amide bonds. The quantitative estimate of drug-likeness (QED) is 0.612. The maximum absolute atomic E-state index is 4.61. The van der Waals surface area contributed by atoms with Crippen molar-refractivity contribution in [1.29, 1.82) is 0 Å². The normalized spacial score (nSPS) is 22.2. The van der Waals surface area contributed by atoms with Gasteiger partial charge in [0.05, 0.1) is 5.69 Å². The number of hydrogen-bond donors (Lipinski definition) is 0. The van der Waals surface area contributed by atoms with Gasteiger partial charge in [-0.05, 0) is 89.4 Å². The first-order valence-electron chi connectivity index (χ1n) is 11.9. The van der Waals surface area contributed by atoms with Gasteiger partial charge in [0.15, 0.2) is 0 Å². The Kier molecular flexibility index (Phi) is 6.64. The Morgan fingerprint density at radius 2 is 1.73 bits per heavy atom. The number of aromatic nitrogens is 2. The molecule has 1 saturated carbocycles. The van der Waals surface area contributed by atoms with Crippen molar-refractivity contribution in [1.82, 2.24) is 19.6 Å². The third-order valence-electron chi connectivity index (χ3n) is 7.53. The lowest BCUT2D eigenvalue weighted by Crippen LogP contribution is -2.39. The van der Waals surface area contributed by atoms with E-state index in [4.69, 9.17) is 0 Å². The van der Waals surface area contributed by atoms with Crippen LogP contribution in [0.2, 0.25) is 0 Å². The third kappa shape index (κ3) is 4.81. The highest BCUT2D eigenvalue weighted by atomic mass is 15.3. The minimum absolute atomic E-state index is 0.563. The van der Waals surface area contributed by atoms with E-state index >= 15 is 0 Å². The molecule has 0 N–H and O–H groups in total. The highest BCUT2D eigenvalue weighted by Crippen LogP contribution is 2.42. The molecule has 1 saturated heterocycles. The molecule has 0 bridgehead atoms. The minimum atomic E-state index is 0.563. The van der Waals surface area contributed by atoms with Crippen molar-refractivity contribution in [3.8, 4) is 0 Å². The molecule has 30 heavy (non-hydrogen) atoms. The van der Waals surface area contributed by atoms with Gasteiger partial charge in [0.25, 0.3) is 0 Å². The number of likely N-dealkylation sites (tertiary alicyclic amines) is 1. The molecule has 1 aromatic carbocycles. The van der Waals surface area contributed by atoms with Crippen LogP contribution in [0.5, 0.6) is 0 Å². The Bertz CT molecular complexity index is 823. The molecule has 4 rings (SSSR count). The highest BCUT2D eigenvalue weighted by Gasteiger charge is 2.32. The lowest BCUT2D eigenvalue weighted by Gasteiger charge is -2.40. The molecule has 0 spiro atoms. The van der Waals surface area contributed by atoms with Crippen LogP contribution < -0.4 is 0 Å². The monoisotopic (exact) mass is 408 g/mol.